The highest BCUT2D eigenvalue weighted by Gasteiger charge is 2.32. The monoisotopic (exact) mass is 301 g/mol. The highest BCUT2D eigenvalue weighted by molar-refractivity contribution is 7.91. The van der Waals surface area contributed by atoms with Crippen LogP contribution in [-0.2, 0) is 21.2 Å². The van der Waals surface area contributed by atoms with Gasteiger partial charge in [-0.05, 0) is 13.3 Å². The van der Waals surface area contributed by atoms with Crippen molar-refractivity contribution in [2.24, 2.45) is 5.73 Å². The number of carbonyl (C=O) groups excluding carboxylic acids is 1. The lowest BCUT2D eigenvalue weighted by atomic mass is 10.2. The Hall–Kier alpha value is -1.48. The molecule has 0 saturated carbocycles. The van der Waals surface area contributed by atoms with Gasteiger partial charge in [-0.15, -0.1) is 5.10 Å². The SMILES string of the molecule is CC(N)c1cn(CC(=O)N(C)C2CCS(=O)(=O)C2)nn1. The Morgan fingerprint density at radius 3 is 2.85 bits per heavy atom. The summed E-state index contributed by atoms with van der Waals surface area (Å²) in [5.41, 5.74) is 6.28. The number of hydrogen-bond acceptors (Lipinski definition) is 6. The van der Waals surface area contributed by atoms with Crippen LogP contribution in [0.5, 0.6) is 0 Å². The largest absolute Gasteiger partial charge is 0.340 e. The van der Waals surface area contributed by atoms with Gasteiger partial charge in [0.05, 0.1) is 23.4 Å². The lowest BCUT2D eigenvalue weighted by molar-refractivity contribution is -0.132. The molecule has 1 fully saturated rings. The van der Waals surface area contributed by atoms with Gasteiger partial charge in [0, 0.05) is 19.1 Å². The standard InChI is InChI=1S/C11H19N5O3S/c1-8(12)10-5-16(14-13-10)6-11(17)15(2)9-3-4-20(18,19)7-9/h5,8-9H,3-4,6-7,12H2,1-2H3. The first-order valence-electron chi connectivity index (χ1n) is 6.40. The smallest absolute Gasteiger partial charge is 0.244 e. The van der Waals surface area contributed by atoms with Crippen LogP contribution < -0.4 is 5.73 Å². The summed E-state index contributed by atoms with van der Waals surface area (Å²) in [6.07, 6.45) is 2.12. The molecule has 2 N–H and O–H groups in total. The molecule has 1 aromatic heterocycles. The first-order valence-corrected chi connectivity index (χ1v) is 8.22. The third-order valence-corrected chi connectivity index (χ3v) is 5.22. The molecule has 8 nitrogen and oxygen atoms in total. The maximum absolute atomic E-state index is 12.1. The van der Waals surface area contributed by atoms with E-state index in [1.807, 2.05) is 0 Å². The molecule has 0 bridgehead atoms. The number of likely N-dealkylation sites (N-methyl/N-ethyl adjacent to an activating group) is 1. The maximum Gasteiger partial charge on any atom is 0.244 e. The van der Waals surface area contributed by atoms with Crippen molar-refractivity contribution in [2.75, 3.05) is 18.6 Å². The summed E-state index contributed by atoms with van der Waals surface area (Å²) < 4.78 is 24.3. The number of nitrogens with zero attached hydrogens (tertiary/aromatic N) is 4. The van der Waals surface area contributed by atoms with Gasteiger partial charge in [-0.3, -0.25) is 4.79 Å². The van der Waals surface area contributed by atoms with E-state index in [9.17, 15) is 13.2 Å². The van der Waals surface area contributed by atoms with Crippen LogP contribution in [0.1, 0.15) is 25.1 Å². The highest BCUT2D eigenvalue weighted by Crippen LogP contribution is 2.16. The van der Waals surface area contributed by atoms with Crippen LogP contribution in [0.2, 0.25) is 0 Å². The Kier molecular flexibility index (Phi) is 4.09. The fourth-order valence-electron chi connectivity index (χ4n) is 2.13. The molecule has 1 aromatic rings. The van der Waals surface area contributed by atoms with E-state index in [2.05, 4.69) is 10.3 Å². The summed E-state index contributed by atoms with van der Waals surface area (Å²) >= 11 is 0. The quantitative estimate of drug-likeness (QED) is 0.759. The van der Waals surface area contributed by atoms with E-state index in [0.29, 0.717) is 12.1 Å². The Morgan fingerprint density at radius 1 is 1.65 bits per heavy atom. The molecular weight excluding hydrogens is 282 g/mol. The number of sulfone groups is 1. The van der Waals surface area contributed by atoms with Gasteiger partial charge in [0.15, 0.2) is 9.84 Å². The van der Waals surface area contributed by atoms with Crippen LogP contribution in [0.15, 0.2) is 6.20 Å². The first kappa shape index (κ1) is 14.9. The van der Waals surface area contributed by atoms with Gasteiger partial charge in [0.1, 0.15) is 6.54 Å². The molecule has 112 valence electrons. The van der Waals surface area contributed by atoms with Gasteiger partial charge in [0.25, 0.3) is 0 Å². The van der Waals surface area contributed by atoms with Crippen LogP contribution in [0.25, 0.3) is 0 Å². The molecule has 2 atom stereocenters. The second-order valence-electron chi connectivity index (χ2n) is 5.19. The van der Waals surface area contributed by atoms with Crippen LogP contribution in [0.4, 0.5) is 0 Å². The molecule has 0 radical (unpaired) electrons. The van der Waals surface area contributed by atoms with Crippen molar-refractivity contribution in [3.8, 4) is 0 Å². The van der Waals surface area contributed by atoms with E-state index in [-0.39, 0.29) is 36.0 Å². The predicted octanol–water partition coefficient (Wildman–Crippen LogP) is -1.06. The number of carbonyl (C=O) groups is 1. The second kappa shape index (κ2) is 5.49. The fourth-order valence-corrected chi connectivity index (χ4v) is 3.91. The maximum atomic E-state index is 12.1. The normalized spacial score (nSPS) is 22.6. The van der Waals surface area contributed by atoms with Crippen molar-refractivity contribution < 1.29 is 13.2 Å². The zero-order valence-corrected chi connectivity index (χ0v) is 12.4. The first-order chi connectivity index (χ1) is 9.28. The number of rotatable bonds is 4. The van der Waals surface area contributed by atoms with Gasteiger partial charge in [0.2, 0.25) is 5.91 Å². The van der Waals surface area contributed by atoms with Crippen molar-refractivity contribution in [2.45, 2.75) is 32.0 Å². The van der Waals surface area contributed by atoms with Crippen LogP contribution in [0, 0.1) is 0 Å². The minimum absolute atomic E-state index is 0.0345. The molecule has 2 unspecified atom stereocenters. The number of nitrogens with two attached hydrogens (primary N) is 1. The van der Waals surface area contributed by atoms with Crippen molar-refractivity contribution >= 4 is 15.7 Å². The van der Waals surface area contributed by atoms with Crippen molar-refractivity contribution in [3.63, 3.8) is 0 Å². The van der Waals surface area contributed by atoms with E-state index >= 15 is 0 Å². The molecule has 9 heteroatoms. The fraction of sp³-hybridized carbons (Fsp3) is 0.727. The van der Waals surface area contributed by atoms with Crippen LogP contribution >= 0.6 is 0 Å². The van der Waals surface area contributed by atoms with E-state index in [0.717, 1.165) is 0 Å². The lowest BCUT2D eigenvalue weighted by Crippen LogP contribution is -2.39. The predicted molar refractivity (Wildman–Crippen MR) is 72.5 cm³/mol. The van der Waals surface area contributed by atoms with Gasteiger partial charge in [-0.2, -0.15) is 0 Å². The second-order valence-corrected chi connectivity index (χ2v) is 7.42. The summed E-state index contributed by atoms with van der Waals surface area (Å²) in [6.45, 7) is 1.82. The summed E-state index contributed by atoms with van der Waals surface area (Å²) in [4.78, 5) is 13.6. The average molecular weight is 301 g/mol. The van der Waals surface area contributed by atoms with Gasteiger partial charge >= 0.3 is 0 Å². The molecule has 1 aliphatic rings. The van der Waals surface area contributed by atoms with Crippen LogP contribution in [0.3, 0.4) is 0 Å². The molecule has 2 heterocycles. The van der Waals surface area contributed by atoms with Gasteiger partial charge < -0.3 is 10.6 Å². The van der Waals surface area contributed by atoms with E-state index in [4.69, 9.17) is 5.73 Å². The van der Waals surface area contributed by atoms with Crippen molar-refractivity contribution in [3.05, 3.63) is 11.9 Å². The Balaban J connectivity index is 1.97. The zero-order valence-electron chi connectivity index (χ0n) is 11.6. The molecule has 1 saturated heterocycles. The molecule has 20 heavy (non-hydrogen) atoms. The molecule has 0 aliphatic carbocycles. The molecule has 1 aliphatic heterocycles. The van der Waals surface area contributed by atoms with E-state index in [1.54, 1.807) is 20.2 Å². The summed E-state index contributed by atoms with van der Waals surface area (Å²) in [6, 6.07) is -0.486. The minimum Gasteiger partial charge on any atom is -0.340 e. The number of amides is 1. The number of aromatic nitrogens is 3. The molecule has 1 amide bonds. The van der Waals surface area contributed by atoms with Crippen LogP contribution in [-0.4, -0.2) is 58.8 Å². The molecule has 2 rings (SSSR count). The summed E-state index contributed by atoms with van der Waals surface area (Å²) in [7, 11) is -1.38. The highest BCUT2D eigenvalue weighted by atomic mass is 32.2. The van der Waals surface area contributed by atoms with Gasteiger partial charge in [-0.25, -0.2) is 13.1 Å². The van der Waals surface area contributed by atoms with E-state index in [1.165, 1.54) is 9.58 Å². The Morgan fingerprint density at radius 2 is 2.35 bits per heavy atom. The van der Waals surface area contributed by atoms with Gasteiger partial charge in [-0.1, -0.05) is 5.21 Å². The molecule has 0 aromatic carbocycles. The number of hydrogen-bond donors (Lipinski definition) is 1. The van der Waals surface area contributed by atoms with Crippen molar-refractivity contribution in [1.29, 1.82) is 0 Å². The van der Waals surface area contributed by atoms with E-state index < -0.39 is 9.84 Å². The molecule has 0 spiro atoms. The average Bonchev–Trinajstić information content (AvgIpc) is 2.94. The third kappa shape index (κ3) is 3.34. The third-order valence-electron chi connectivity index (χ3n) is 3.47. The molecular formula is C11H19N5O3S. The van der Waals surface area contributed by atoms with Crippen molar-refractivity contribution in [1.82, 2.24) is 19.9 Å². The minimum atomic E-state index is -3.00. The Bertz CT molecular complexity index is 595. The summed E-state index contributed by atoms with van der Waals surface area (Å²) in [5.74, 6) is -0.00118. The lowest BCUT2D eigenvalue weighted by Gasteiger charge is -2.23. The zero-order chi connectivity index (χ0) is 14.9. The topological polar surface area (TPSA) is 111 Å². The Labute approximate surface area is 117 Å². The summed E-state index contributed by atoms with van der Waals surface area (Å²) in [5, 5.41) is 7.71.